The van der Waals surface area contributed by atoms with Crippen LogP contribution in [0.1, 0.15) is 22.3 Å². The van der Waals surface area contributed by atoms with Gasteiger partial charge in [0.25, 0.3) is 0 Å². The first-order chi connectivity index (χ1) is 15.7. The number of hydrogen-bond acceptors (Lipinski definition) is 0. The second-order valence-corrected chi connectivity index (χ2v) is 9.04. The Kier molecular flexibility index (Phi) is 4.47. The summed E-state index contributed by atoms with van der Waals surface area (Å²) < 4.78 is 0. The zero-order valence-electron chi connectivity index (χ0n) is 18.7. The Morgan fingerprint density at radius 1 is 0.500 bits per heavy atom. The molecule has 0 saturated heterocycles. The fourth-order valence-corrected chi connectivity index (χ4v) is 5.32. The first-order valence-electron chi connectivity index (χ1n) is 11.5. The van der Waals surface area contributed by atoms with E-state index >= 15 is 0 Å². The van der Waals surface area contributed by atoms with Crippen LogP contribution < -0.4 is 0 Å². The molecular formula is C32H26. The lowest BCUT2D eigenvalue weighted by atomic mass is 9.84. The van der Waals surface area contributed by atoms with Crippen molar-refractivity contribution in [1.29, 1.82) is 0 Å². The maximum Gasteiger partial charge on any atom is -0.00735 e. The van der Waals surface area contributed by atoms with E-state index in [0.29, 0.717) is 0 Å². The van der Waals surface area contributed by atoms with Gasteiger partial charge in [0.05, 0.1) is 0 Å². The highest BCUT2D eigenvalue weighted by atomic mass is 14.2. The second-order valence-electron chi connectivity index (χ2n) is 9.04. The van der Waals surface area contributed by atoms with Gasteiger partial charge in [0.2, 0.25) is 0 Å². The standard InChI is InChI=1S/C32H26/c1-21-7-3-5-9-28(21)32-22(2)11-12-27-19-25(17-18-30(27)32)26-16-15-24-14-13-23-8-4-6-10-29(23)31(24)20-26/h3-12,15-20H,13-14H2,1-2H3. The maximum atomic E-state index is 2.39. The Balaban J connectivity index is 1.50. The van der Waals surface area contributed by atoms with E-state index in [0.717, 1.165) is 12.8 Å². The highest BCUT2D eigenvalue weighted by Gasteiger charge is 2.16. The summed E-state index contributed by atoms with van der Waals surface area (Å²) in [7, 11) is 0. The highest BCUT2D eigenvalue weighted by Crippen LogP contribution is 2.39. The monoisotopic (exact) mass is 410 g/mol. The summed E-state index contributed by atoms with van der Waals surface area (Å²) in [6.45, 7) is 4.42. The van der Waals surface area contributed by atoms with Crippen molar-refractivity contribution in [2.45, 2.75) is 26.7 Å². The SMILES string of the molecule is Cc1ccccc1-c1c(C)ccc2cc(-c3ccc4c(c3)-c3ccccc3CC4)ccc12. The topological polar surface area (TPSA) is 0 Å². The second kappa shape index (κ2) is 7.50. The lowest BCUT2D eigenvalue weighted by Crippen LogP contribution is -2.03. The summed E-state index contributed by atoms with van der Waals surface area (Å²) in [4.78, 5) is 0. The third kappa shape index (κ3) is 3.07. The largest absolute Gasteiger partial charge is 0.0620 e. The zero-order valence-corrected chi connectivity index (χ0v) is 18.7. The molecule has 1 aliphatic carbocycles. The van der Waals surface area contributed by atoms with Crippen molar-refractivity contribution in [2.75, 3.05) is 0 Å². The Morgan fingerprint density at radius 2 is 1.19 bits per heavy atom. The molecule has 0 spiro atoms. The van der Waals surface area contributed by atoms with Crippen LogP contribution in [0.2, 0.25) is 0 Å². The van der Waals surface area contributed by atoms with Gasteiger partial charge in [-0.15, -0.1) is 0 Å². The molecule has 154 valence electrons. The zero-order chi connectivity index (χ0) is 21.7. The lowest BCUT2D eigenvalue weighted by Gasteiger charge is -2.21. The fraction of sp³-hybridized carbons (Fsp3) is 0.125. The summed E-state index contributed by atoms with van der Waals surface area (Å²) in [6, 6.07) is 36.1. The molecule has 1 aliphatic rings. The van der Waals surface area contributed by atoms with Gasteiger partial charge in [-0.05, 0) is 105 Å². The molecule has 0 heterocycles. The molecule has 0 N–H and O–H groups in total. The molecule has 0 saturated carbocycles. The van der Waals surface area contributed by atoms with Crippen molar-refractivity contribution >= 4 is 10.8 Å². The van der Waals surface area contributed by atoms with Crippen molar-refractivity contribution < 1.29 is 0 Å². The van der Waals surface area contributed by atoms with Crippen LogP contribution in [0, 0.1) is 13.8 Å². The van der Waals surface area contributed by atoms with E-state index in [1.54, 1.807) is 0 Å². The van der Waals surface area contributed by atoms with Crippen LogP contribution in [0.15, 0.2) is 97.1 Å². The fourth-order valence-electron chi connectivity index (χ4n) is 5.32. The van der Waals surface area contributed by atoms with Gasteiger partial charge < -0.3 is 0 Å². The number of benzene rings is 5. The summed E-state index contributed by atoms with van der Waals surface area (Å²) in [6.07, 6.45) is 2.27. The number of rotatable bonds is 2. The van der Waals surface area contributed by atoms with E-state index in [1.807, 2.05) is 0 Å². The third-order valence-corrected chi connectivity index (χ3v) is 7.06. The van der Waals surface area contributed by atoms with Crippen LogP contribution in [-0.4, -0.2) is 0 Å². The third-order valence-electron chi connectivity index (χ3n) is 7.06. The van der Waals surface area contributed by atoms with Gasteiger partial charge in [-0.3, -0.25) is 0 Å². The molecule has 0 amide bonds. The number of hydrogen-bond donors (Lipinski definition) is 0. The molecule has 5 aromatic carbocycles. The summed E-state index contributed by atoms with van der Waals surface area (Å²) in [5.41, 5.74) is 13.6. The molecule has 0 atom stereocenters. The Bertz CT molecular complexity index is 1490. The first kappa shape index (κ1) is 19.1. The molecule has 0 bridgehead atoms. The quantitative estimate of drug-likeness (QED) is 0.273. The van der Waals surface area contributed by atoms with Gasteiger partial charge in [-0.25, -0.2) is 0 Å². The van der Waals surface area contributed by atoms with Gasteiger partial charge >= 0.3 is 0 Å². The minimum atomic E-state index is 1.13. The molecule has 6 rings (SSSR count). The summed E-state index contributed by atoms with van der Waals surface area (Å²) in [5.74, 6) is 0. The summed E-state index contributed by atoms with van der Waals surface area (Å²) >= 11 is 0. The maximum absolute atomic E-state index is 2.39. The van der Waals surface area contributed by atoms with Crippen molar-refractivity contribution in [3.8, 4) is 33.4 Å². The van der Waals surface area contributed by atoms with Crippen LogP contribution >= 0.6 is 0 Å². The normalized spacial score (nSPS) is 12.4. The van der Waals surface area contributed by atoms with Gasteiger partial charge in [-0.2, -0.15) is 0 Å². The van der Waals surface area contributed by atoms with E-state index in [-0.39, 0.29) is 0 Å². The average molecular weight is 411 g/mol. The van der Waals surface area contributed by atoms with E-state index in [9.17, 15) is 0 Å². The lowest BCUT2D eigenvalue weighted by molar-refractivity contribution is 0.942. The first-order valence-corrected chi connectivity index (χ1v) is 11.5. The predicted molar refractivity (Wildman–Crippen MR) is 137 cm³/mol. The van der Waals surface area contributed by atoms with E-state index in [2.05, 4.69) is 111 Å². The van der Waals surface area contributed by atoms with Crippen LogP contribution in [0.5, 0.6) is 0 Å². The molecule has 0 aliphatic heterocycles. The molecule has 0 nitrogen and oxygen atoms in total. The van der Waals surface area contributed by atoms with Crippen LogP contribution in [-0.2, 0) is 12.8 Å². The van der Waals surface area contributed by atoms with Crippen LogP contribution in [0.3, 0.4) is 0 Å². The highest BCUT2D eigenvalue weighted by molar-refractivity contribution is 6.00. The van der Waals surface area contributed by atoms with Gasteiger partial charge in [0, 0.05) is 0 Å². The van der Waals surface area contributed by atoms with Gasteiger partial charge in [-0.1, -0.05) is 84.9 Å². The number of fused-ring (bicyclic) bond motifs is 4. The minimum Gasteiger partial charge on any atom is -0.0620 e. The smallest absolute Gasteiger partial charge is 0.00735 e. The molecule has 0 radical (unpaired) electrons. The molecule has 0 fully saturated rings. The van der Waals surface area contributed by atoms with Crippen molar-refractivity contribution in [3.63, 3.8) is 0 Å². The van der Waals surface area contributed by atoms with Crippen LogP contribution in [0.4, 0.5) is 0 Å². The van der Waals surface area contributed by atoms with Gasteiger partial charge in [0.1, 0.15) is 0 Å². The van der Waals surface area contributed by atoms with Crippen molar-refractivity contribution in [3.05, 3.63) is 119 Å². The number of aryl methyl sites for hydroxylation is 4. The Labute approximate surface area is 190 Å². The molecule has 5 aromatic rings. The Hall–Kier alpha value is -3.64. The van der Waals surface area contributed by atoms with Crippen LogP contribution in [0.25, 0.3) is 44.2 Å². The van der Waals surface area contributed by atoms with Gasteiger partial charge in [0.15, 0.2) is 0 Å². The van der Waals surface area contributed by atoms with Crippen molar-refractivity contribution in [1.82, 2.24) is 0 Å². The Morgan fingerprint density at radius 3 is 2.03 bits per heavy atom. The van der Waals surface area contributed by atoms with Crippen molar-refractivity contribution in [2.24, 2.45) is 0 Å². The molecule has 32 heavy (non-hydrogen) atoms. The summed E-state index contributed by atoms with van der Waals surface area (Å²) in [5, 5.41) is 2.62. The van der Waals surface area contributed by atoms with E-state index in [1.165, 1.54) is 66.4 Å². The molecule has 0 aromatic heterocycles. The minimum absolute atomic E-state index is 1.13. The average Bonchev–Trinajstić information content (AvgIpc) is 2.84. The molecular weight excluding hydrogens is 384 g/mol. The molecule has 0 unspecified atom stereocenters. The predicted octanol–water partition coefficient (Wildman–Crippen LogP) is 8.56. The molecule has 0 heteroatoms. The van der Waals surface area contributed by atoms with E-state index in [4.69, 9.17) is 0 Å². The van der Waals surface area contributed by atoms with E-state index < -0.39 is 0 Å².